The molecule has 0 bridgehead atoms. The number of methoxy groups -OCH3 is 1. The van der Waals surface area contributed by atoms with Crippen LogP contribution in [0.2, 0.25) is 0 Å². The standard InChI is InChI=1S/C25H28N4O5S/c1-3-34-25(32)28-13-11-17(12-14-28)26-22(30)16-35-24-27-21-10-5-4-9-20(21)23(31)29(24)18-7-6-8-19(15-18)33-2/h4-10,15,17H,3,11-14,16H2,1-2H3,(H,26,30). The average molecular weight is 497 g/mol. The molecule has 10 heteroatoms. The van der Waals surface area contributed by atoms with Gasteiger partial charge in [0.2, 0.25) is 5.91 Å². The van der Waals surface area contributed by atoms with Crippen LogP contribution in [0.3, 0.4) is 0 Å². The van der Waals surface area contributed by atoms with E-state index < -0.39 is 0 Å². The summed E-state index contributed by atoms with van der Waals surface area (Å²) in [5.41, 5.74) is 0.978. The molecule has 2 aromatic carbocycles. The lowest BCUT2D eigenvalue weighted by Gasteiger charge is -2.31. The number of hydrogen-bond donors (Lipinski definition) is 1. The van der Waals surface area contributed by atoms with E-state index in [1.165, 1.54) is 16.3 Å². The Kier molecular flexibility index (Phi) is 7.91. The second-order valence-corrected chi connectivity index (χ2v) is 9.01. The fraction of sp³-hybridized carbons (Fsp3) is 0.360. The summed E-state index contributed by atoms with van der Waals surface area (Å²) < 4.78 is 11.9. The summed E-state index contributed by atoms with van der Waals surface area (Å²) in [5, 5.41) is 3.96. The molecule has 0 aliphatic carbocycles. The number of carbonyl (C=O) groups excluding carboxylic acids is 2. The lowest BCUT2D eigenvalue weighted by atomic mass is 10.1. The number of nitrogens with zero attached hydrogens (tertiary/aromatic N) is 3. The summed E-state index contributed by atoms with van der Waals surface area (Å²) in [6.45, 7) is 3.20. The van der Waals surface area contributed by atoms with E-state index >= 15 is 0 Å². The van der Waals surface area contributed by atoms with Crippen LogP contribution in [0.4, 0.5) is 4.79 Å². The van der Waals surface area contributed by atoms with E-state index in [-0.39, 0.29) is 29.4 Å². The van der Waals surface area contributed by atoms with Gasteiger partial charge >= 0.3 is 6.09 Å². The Balaban J connectivity index is 1.48. The molecule has 0 unspecified atom stereocenters. The molecule has 4 rings (SSSR count). The van der Waals surface area contributed by atoms with Gasteiger partial charge in [-0.15, -0.1) is 0 Å². The average Bonchev–Trinajstić information content (AvgIpc) is 2.88. The largest absolute Gasteiger partial charge is 0.497 e. The van der Waals surface area contributed by atoms with Gasteiger partial charge in [-0.1, -0.05) is 30.0 Å². The Morgan fingerprint density at radius 2 is 1.91 bits per heavy atom. The molecule has 0 radical (unpaired) electrons. The number of benzene rings is 2. The van der Waals surface area contributed by atoms with Gasteiger partial charge in [-0.3, -0.25) is 14.2 Å². The van der Waals surface area contributed by atoms with Gasteiger partial charge in [-0.2, -0.15) is 0 Å². The predicted octanol–water partition coefficient (Wildman–Crippen LogP) is 3.22. The van der Waals surface area contributed by atoms with Crippen molar-refractivity contribution in [3.63, 3.8) is 0 Å². The number of thioether (sulfide) groups is 1. The number of amides is 2. The Labute approximate surface area is 207 Å². The van der Waals surface area contributed by atoms with Crippen molar-refractivity contribution in [2.45, 2.75) is 31.0 Å². The Morgan fingerprint density at radius 3 is 2.66 bits per heavy atom. The molecule has 0 saturated carbocycles. The van der Waals surface area contributed by atoms with Crippen LogP contribution < -0.4 is 15.6 Å². The van der Waals surface area contributed by atoms with Gasteiger partial charge < -0.3 is 19.7 Å². The van der Waals surface area contributed by atoms with Gasteiger partial charge in [0.15, 0.2) is 5.16 Å². The summed E-state index contributed by atoms with van der Waals surface area (Å²) in [4.78, 5) is 44.3. The Bertz CT molecular complexity index is 1270. The van der Waals surface area contributed by atoms with E-state index in [0.29, 0.717) is 60.0 Å². The number of piperidine rings is 1. The molecule has 3 aromatic rings. The molecule has 9 nitrogen and oxygen atoms in total. The molecular formula is C25H28N4O5S. The molecule has 1 aliphatic rings. The third kappa shape index (κ3) is 5.76. The smallest absolute Gasteiger partial charge is 0.409 e. The Hall–Kier alpha value is -3.53. The van der Waals surface area contributed by atoms with Crippen molar-refractivity contribution in [2.75, 3.05) is 32.6 Å². The first-order valence-corrected chi connectivity index (χ1v) is 12.5. The number of fused-ring (bicyclic) bond motifs is 1. The number of carbonyl (C=O) groups is 2. The van der Waals surface area contributed by atoms with Crippen LogP contribution in [0.15, 0.2) is 58.5 Å². The van der Waals surface area contributed by atoms with Gasteiger partial charge in [-0.05, 0) is 44.0 Å². The summed E-state index contributed by atoms with van der Waals surface area (Å²) in [5.74, 6) is 0.571. The van der Waals surface area contributed by atoms with E-state index in [9.17, 15) is 14.4 Å². The maximum Gasteiger partial charge on any atom is 0.409 e. The van der Waals surface area contributed by atoms with Crippen LogP contribution in [-0.4, -0.2) is 65.1 Å². The number of nitrogens with one attached hydrogen (secondary N) is 1. The fourth-order valence-electron chi connectivity index (χ4n) is 4.01. The molecule has 2 heterocycles. The number of hydrogen-bond acceptors (Lipinski definition) is 7. The molecule has 1 aliphatic heterocycles. The molecule has 1 aromatic heterocycles. The minimum atomic E-state index is -0.314. The van der Waals surface area contributed by atoms with Gasteiger partial charge in [0.05, 0.1) is 36.1 Å². The van der Waals surface area contributed by atoms with Gasteiger partial charge in [-0.25, -0.2) is 9.78 Å². The van der Waals surface area contributed by atoms with Crippen LogP contribution in [0.1, 0.15) is 19.8 Å². The van der Waals surface area contributed by atoms with Gasteiger partial charge in [0.25, 0.3) is 5.56 Å². The zero-order valence-electron chi connectivity index (χ0n) is 19.7. The van der Waals surface area contributed by atoms with Crippen LogP contribution in [0.5, 0.6) is 5.75 Å². The third-order valence-electron chi connectivity index (χ3n) is 5.77. The first kappa shape index (κ1) is 24.6. The zero-order chi connectivity index (χ0) is 24.8. The minimum absolute atomic E-state index is 0.0149. The molecule has 1 fully saturated rings. The molecule has 0 atom stereocenters. The minimum Gasteiger partial charge on any atom is -0.497 e. The lowest BCUT2D eigenvalue weighted by molar-refractivity contribution is -0.119. The fourth-order valence-corrected chi connectivity index (χ4v) is 4.83. The molecule has 1 saturated heterocycles. The van der Waals surface area contributed by atoms with Crippen molar-refractivity contribution in [3.8, 4) is 11.4 Å². The van der Waals surface area contributed by atoms with Gasteiger partial charge in [0.1, 0.15) is 5.75 Å². The highest BCUT2D eigenvalue weighted by atomic mass is 32.2. The van der Waals surface area contributed by atoms with Crippen molar-refractivity contribution < 1.29 is 19.1 Å². The van der Waals surface area contributed by atoms with Crippen LogP contribution >= 0.6 is 11.8 Å². The van der Waals surface area contributed by atoms with E-state index in [1.54, 1.807) is 55.3 Å². The maximum absolute atomic E-state index is 13.4. The van der Waals surface area contributed by atoms with E-state index in [1.807, 2.05) is 12.1 Å². The second kappa shape index (κ2) is 11.3. The maximum atomic E-state index is 13.4. The first-order chi connectivity index (χ1) is 17.0. The van der Waals surface area contributed by atoms with Crippen molar-refractivity contribution in [1.82, 2.24) is 19.8 Å². The normalized spacial score (nSPS) is 14.1. The number of aromatic nitrogens is 2. The first-order valence-electron chi connectivity index (χ1n) is 11.5. The lowest BCUT2D eigenvalue weighted by Crippen LogP contribution is -2.47. The highest BCUT2D eigenvalue weighted by molar-refractivity contribution is 7.99. The predicted molar refractivity (Wildman–Crippen MR) is 134 cm³/mol. The third-order valence-corrected chi connectivity index (χ3v) is 6.71. The van der Waals surface area contributed by atoms with Gasteiger partial charge in [0, 0.05) is 25.2 Å². The molecule has 2 amide bonds. The second-order valence-electron chi connectivity index (χ2n) is 8.07. The van der Waals surface area contributed by atoms with E-state index in [4.69, 9.17) is 9.47 Å². The molecular weight excluding hydrogens is 468 g/mol. The van der Waals surface area contributed by atoms with Crippen molar-refractivity contribution >= 4 is 34.7 Å². The molecule has 0 spiro atoms. The van der Waals surface area contributed by atoms with E-state index in [2.05, 4.69) is 10.3 Å². The van der Waals surface area contributed by atoms with Crippen LogP contribution in [0.25, 0.3) is 16.6 Å². The number of likely N-dealkylation sites (tertiary alicyclic amines) is 1. The van der Waals surface area contributed by atoms with Crippen molar-refractivity contribution in [3.05, 3.63) is 58.9 Å². The quantitative estimate of drug-likeness (QED) is 0.396. The highest BCUT2D eigenvalue weighted by Gasteiger charge is 2.25. The van der Waals surface area contributed by atoms with Crippen molar-refractivity contribution in [1.29, 1.82) is 0 Å². The molecule has 184 valence electrons. The Morgan fingerprint density at radius 1 is 1.14 bits per heavy atom. The van der Waals surface area contributed by atoms with E-state index in [0.717, 1.165) is 0 Å². The number of rotatable bonds is 7. The number of ether oxygens (including phenoxy) is 2. The summed E-state index contributed by atoms with van der Waals surface area (Å²) in [6, 6.07) is 14.3. The molecule has 35 heavy (non-hydrogen) atoms. The monoisotopic (exact) mass is 496 g/mol. The van der Waals surface area contributed by atoms with Crippen LogP contribution in [-0.2, 0) is 9.53 Å². The number of para-hydroxylation sites is 1. The van der Waals surface area contributed by atoms with Crippen molar-refractivity contribution in [2.24, 2.45) is 0 Å². The summed E-state index contributed by atoms with van der Waals surface area (Å²) in [7, 11) is 1.57. The topological polar surface area (TPSA) is 103 Å². The summed E-state index contributed by atoms with van der Waals surface area (Å²) in [6.07, 6.45) is 1.02. The van der Waals surface area contributed by atoms with Crippen LogP contribution in [0, 0.1) is 0 Å². The molecule has 1 N–H and O–H groups in total. The SMILES string of the molecule is CCOC(=O)N1CCC(NC(=O)CSc2nc3ccccc3c(=O)n2-c2cccc(OC)c2)CC1. The summed E-state index contributed by atoms with van der Waals surface area (Å²) >= 11 is 1.21. The zero-order valence-corrected chi connectivity index (χ0v) is 20.5. The highest BCUT2D eigenvalue weighted by Crippen LogP contribution is 2.23.